The largest absolute Gasteiger partial charge is 0.281 e. The Morgan fingerprint density at radius 3 is 2.62 bits per heavy atom. The van der Waals surface area contributed by atoms with Crippen molar-refractivity contribution in [2.24, 2.45) is 11.8 Å². The molecule has 0 heterocycles. The maximum Gasteiger partial charge on any atom is 0.226 e. The van der Waals surface area contributed by atoms with Crippen molar-refractivity contribution < 1.29 is 4.79 Å². The number of nitriles is 1. The van der Waals surface area contributed by atoms with Gasteiger partial charge < -0.3 is 0 Å². The lowest BCUT2D eigenvalue weighted by atomic mass is 10.4. The van der Waals surface area contributed by atoms with Crippen LogP contribution in [0, 0.1) is 23.2 Å². The van der Waals surface area contributed by atoms with E-state index < -0.39 is 0 Å². The van der Waals surface area contributed by atoms with Gasteiger partial charge in [-0.25, -0.2) is 0 Å². The number of carbonyl (C=O) groups is 1. The monoisotopic (exact) mass is 129 g/mol. The molecular formula is C5H4ClNO. The average Bonchev–Trinajstić information content (AvgIpc) is 2.42. The van der Waals surface area contributed by atoms with Crippen LogP contribution >= 0.6 is 11.6 Å². The molecule has 1 fully saturated rings. The summed E-state index contributed by atoms with van der Waals surface area (Å²) in [6, 6.07) is 1.97. The topological polar surface area (TPSA) is 40.9 Å². The van der Waals surface area contributed by atoms with Gasteiger partial charge in [0, 0.05) is 0 Å². The molecule has 0 aromatic carbocycles. The molecule has 3 heteroatoms. The number of nitrogens with zero attached hydrogens (tertiary/aromatic N) is 1. The van der Waals surface area contributed by atoms with Crippen LogP contribution in [0.25, 0.3) is 0 Å². The summed E-state index contributed by atoms with van der Waals surface area (Å²) in [6.45, 7) is 0. The van der Waals surface area contributed by atoms with Crippen molar-refractivity contribution in [1.29, 1.82) is 5.26 Å². The van der Waals surface area contributed by atoms with E-state index in [1.54, 1.807) is 0 Å². The summed E-state index contributed by atoms with van der Waals surface area (Å²) in [5.74, 6) is -0.235. The van der Waals surface area contributed by atoms with Crippen LogP contribution in [0.1, 0.15) is 6.42 Å². The molecule has 2 nitrogen and oxygen atoms in total. The third kappa shape index (κ3) is 0.823. The maximum absolute atomic E-state index is 10.2. The van der Waals surface area contributed by atoms with Crippen molar-refractivity contribution in [3.05, 3.63) is 0 Å². The highest BCUT2D eigenvalue weighted by Gasteiger charge is 2.42. The molecule has 2 unspecified atom stereocenters. The fourth-order valence-electron chi connectivity index (χ4n) is 0.589. The Bertz CT molecular complexity index is 160. The molecule has 0 bridgehead atoms. The van der Waals surface area contributed by atoms with Crippen LogP contribution in [0.2, 0.25) is 0 Å². The smallest absolute Gasteiger partial charge is 0.226 e. The van der Waals surface area contributed by atoms with Gasteiger partial charge in [0.05, 0.1) is 17.9 Å². The molecule has 1 rings (SSSR count). The van der Waals surface area contributed by atoms with Crippen LogP contribution in [0.3, 0.4) is 0 Å². The number of rotatable bonds is 1. The third-order valence-corrected chi connectivity index (χ3v) is 1.53. The number of hydrogen-bond acceptors (Lipinski definition) is 2. The Labute approximate surface area is 52.1 Å². The van der Waals surface area contributed by atoms with E-state index in [0.29, 0.717) is 6.42 Å². The van der Waals surface area contributed by atoms with Crippen LogP contribution in [0.15, 0.2) is 0 Å². The van der Waals surface area contributed by atoms with Crippen molar-refractivity contribution in [2.45, 2.75) is 6.42 Å². The molecular weight excluding hydrogens is 126 g/mol. The van der Waals surface area contributed by atoms with Gasteiger partial charge in [-0.05, 0) is 18.0 Å². The first-order chi connectivity index (χ1) is 3.75. The first-order valence-corrected chi connectivity index (χ1v) is 2.72. The molecule has 0 amide bonds. The van der Waals surface area contributed by atoms with E-state index in [-0.39, 0.29) is 17.1 Å². The molecule has 1 aliphatic rings. The fraction of sp³-hybridized carbons (Fsp3) is 0.600. The van der Waals surface area contributed by atoms with E-state index >= 15 is 0 Å². The molecule has 0 N–H and O–H groups in total. The van der Waals surface area contributed by atoms with Crippen molar-refractivity contribution in [2.75, 3.05) is 0 Å². The predicted molar refractivity (Wildman–Crippen MR) is 28.1 cm³/mol. The van der Waals surface area contributed by atoms with Gasteiger partial charge >= 0.3 is 0 Å². The Kier molecular flexibility index (Phi) is 1.22. The minimum absolute atomic E-state index is 0.0833. The van der Waals surface area contributed by atoms with Gasteiger partial charge in [-0.1, -0.05) is 0 Å². The summed E-state index contributed by atoms with van der Waals surface area (Å²) in [4.78, 5) is 10.2. The SMILES string of the molecule is N#CC1CC1C(=O)Cl. The average molecular weight is 130 g/mol. The zero-order chi connectivity index (χ0) is 6.15. The van der Waals surface area contributed by atoms with E-state index in [2.05, 4.69) is 0 Å². The van der Waals surface area contributed by atoms with Crippen molar-refractivity contribution in [3.8, 4) is 6.07 Å². The Balaban J connectivity index is 2.40. The van der Waals surface area contributed by atoms with E-state index in [9.17, 15) is 4.79 Å². The molecule has 0 saturated heterocycles. The van der Waals surface area contributed by atoms with Gasteiger partial charge in [0.1, 0.15) is 0 Å². The summed E-state index contributed by atoms with van der Waals surface area (Å²) in [7, 11) is 0. The van der Waals surface area contributed by atoms with Crippen LogP contribution < -0.4 is 0 Å². The second-order valence-corrected chi connectivity index (χ2v) is 2.25. The van der Waals surface area contributed by atoms with Crippen molar-refractivity contribution in [1.82, 2.24) is 0 Å². The van der Waals surface area contributed by atoms with E-state index in [1.165, 1.54) is 0 Å². The van der Waals surface area contributed by atoms with Crippen LogP contribution in [0.5, 0.6) is 0 Å². The van der Waals surface area contributed by atoms with E-state index in [1.807, 2.05) is 6.07 Å². The molecule has 0 radical (unpaired) electrons. The lowest BCUT2D eigenvalue weighted by molar-refractivity contribution is -0.112. The quantitative estimate of drug-likeness (QED) is 0.494. The summed E-state index contributed by atoms with van der Waals surface area (Å²) in [5, 5.41) is 7.80. The fourth-order valence-corrected chi connectivity index (χ4v) is 0.830. The first kappa shape index (κ1) is 5.58. The van der Waals surface area contributed by atoms with E-state index in [0.717, 1.165) is 0 Å². The maximum atomic E-state index is 10.2. The van der Waals surface area contributed by atoms with Crippen LogP contribution in [-0.4, -0.2) is 5.24 Å². The number of halogens is 1. The Morgan fingerprint density at radius 1 is 1.88 bits per heavy atom. The standard InChI is InChI=1S/C5H4ClNO/c6-5(8)4-1-3(4)2-7/h3-4H,1H2. The molecule has 8 heavy (non-hydrogen) atoms. The van der Waals surface area contributed by atoms with Gasteiger partial charge in [0.2, 0.25) is 5.24 Å². The lowest BCUT2D eigenvalue weighted by Gasteiger charge is -1.76. The van der Waals surface area contributed by atoms with Crippen molar-refractivity contribution >= 4 is 16.8 Å². The zero-order valence-electron chi connectivity index (χ0n) is 4.10. The second-order valence-electron chi connectivity index (χ2n) is 1.88. The summed E-state index contributed by atoms with van der Waals surface area (Å²) in [6.07, 6.45) is 0.666. The van der Waals surface area contributed by atoms with Crippen molar-refractivity contribution in [3.63, 3.8) is 0 Å². The number of carbonyl (C=O) groups excluding carboxylic acids is 1. The highest BCUT2D eigenvalue weighted by molar-refractivity contribution is 6.64. The van der Waals surface area contributed by atoms with E-state index in [4.69, 9.17) is 16.9 Å². The van der Waals surface area contributed by atoms with Gasteiger partial charge in [0.25, 0.3) is 0 Å². The first-order valence-electron chi connectivity index (χ1n) is 2.34. The molecule has 0 aromatic heterocycles. The molecule has 0 aromatic rings. The summed E-state index contributed by atoms with van der Waals surface area (Å²) < 4.78 is 0. The molecule has 0 spiro atoms. The van der Waals surface area contributed by atoms with Gasteiger partial charge in [-0.15, -0.1) is 0 Å². The van der Waals surface area contributed by atoms with Gasteiger partial charge in [-0.3, -0.25) is 4.79 Å². The van der Waals surface area contributed by atoms with Crippen LogP contribution in [0.4, 0.5) is 0 Å². The molecule has 2 atom stereocenters. The zero-order valence-corrected chi connectivity index (χ0v) is 4.85. The Hall–Kier alpha value is -0.550. The number of hydrogen-bond donors (Lipinski definition) is 0. The molecule has 0 aliphatic heterocycles. The highest BCUT2D eigenvalue weighted by Crippen LogP contribution is 2.39. The Morgan fingerprint density at radius 2 is 2.50 bits per heavy atom. The van der Waals surface area contributed by atoms with Gasteiger partial charge in [-0.2, -0.15) is 5.26 Å². The summed E-state index contributed by atoms with van der Waals surface area (Å²) >= 11 is 5.06. The molecule has 42 valence electrons. The molecule has 1 aliphatic carbocycles. The highest BCUT2D eigenvalue weighted by atomic mass is 35.5. The normalized spacial score (nSPS) is 33.5. The third-order valence-electron chi connectivity index (χ3n) is 1.25. The lowest BCUT2D eigenvalue weighted by Crippen LogP contribution is -1.88. The minimum atomic E-state index is -0.364. The predicted octanol–water partition coefficient (Wildman–Crippen LogP) is 0.911. The van der Waals surface area contributed by atoms with Crippen LogP contribution in [-0.2, 0) is 4.79 Å². The minimum Gasteiger partial charge on any atom is -0.281 e. The molecule has 1 saturated carbocycles. The summed E-state index contributed by atoms with van der Waals surface area (Å²) in [5.41, 5.74) is 0. The van der Waals surface area contributed by atoms with Gasteiger partial charge in [0.15, 0.2) is 0 Å². The second kappa shape index (κ2) is 1.75.